The summed E-state index contributed by atoms with van der Waals surface area (Å²) in [5, 5.41) is 5.65. The van der Waals surface area contributed by atoms with Crippen molar-refractivity contribution in [1.82, 2.24) is 25.6 Å². The number of rotatable bonds is 3. The number of aryl methyl sites for hydroxylation is 2. The lowest BCUT2D eigenvalue weighted by molar-refractivity contribution is 0.0844. The molecule has 2 heterocycles. The first kappa shape index (κ1) is 19.3. The highest BCUT2D eigenvalue weighted by Gasteiger charge is 2.18. The second-order valence-corrected chi connectivity index (χ2v) is 6.75. The maximum absolute atomic E-state index is 12.8. The largest absolute Gasteiger partial charge is 0.290 e. The molecule has 8 heteroatoms. The van der Waals surface area contributed by atoms with E-state index in [1.54, 1.807) is 50.2 Å². The molecule has 2 aromatic heterocycles. The fourth-order valence-electron chi connectivity index (χ4n) is 3.35. The predicted molar refractivity (Wildman–Crippen MR) is 113 cm³/mol. The highest BCUT2D eigenvalue weighted by atomic mass is 16.2. The van der Waals surface area contributed by atoms with E-state index in [1.807, 2.05) is 18.2 Å². The van der Waals surface area contributed by atoms with Crippen LogP contribution in [0.25, 0.3) is 21.7 Å². The number of hydrazine groups is 1. The molecule has 4 rings (SSSR count). The number of nitrogens with zero attached hydrogens (tertiary/aromatic N) is 3. The Morgan fingerprint density at radius 2 is 1.57 bits per heavy atom. The molecule has 0 bridgehead atoms. The zero-order chi connectivity index (χ0) is 21.3. The molecule has 4 aromatic rings. The molecule has 0 unspecified atom stereocenters. The quantitative estimate of drug-likeness (QED) is 0.513. The van der Waals surface area contributed by atoms with E-state index in [0.717, 1.165) is 0 Å². The first-order valence-electron chi connectivity index (χ1n) is 9.46. The lowest BCUT2D eigenvalue weighted by atomic mass is 10.1. The van der Waals surface area contributed by atoms with Gasteiger partial charge < -0.3 is 0 Å². The standard InChI is InChI=1S/C22H19N5O3/c1-3-27-22(30)16-10-5-4-9-15(16)19(26-27)21(29)25-24-20(28)17-12-13(2)23-18-11-7-6-8-14(17)18/h4-12H,3H2,1-2H3,(H,24,28)(H,25,29). The molecule has 0 aliphatic rings. The number of hydrogen-bond donors (Lipinski definition) is 2. The van der Waals surface area contributed by atoms with Crippen LogP contribution in [0.15, 0.2) is 59.4 Å². The number of benzene rings is 2. The average molecular weight is 401 g/mol. The van der Waals surface area contributed by atoms with Gasteiger partial charge in [0.15, 0.2) is 5.69 Å². The summed E-state index contributed by atoms with van der Waals surface area (Å²) in [6, 6.07) is 15.7. The van der Waals surface area contributed by atoms with Crippen molar-refractivity contribution in [2.45, 2.75) is 20.4 Å². The van der Waals surface area contributed by atoms with Crippen molar-refractivity contribution < 1.29 is 9.59 Å². The molecule has 0 aliphatic carbocycles. The Bertz CT molecular complexity index is 1360. The Kier molecular flexibility index (Phi) is 4.97. The van der Waals surface area contributed by atoms with Crippen LogP contribution >= 0.6 is 0 Å². The van der Waals surface area contributed by atoms with Gasteiger partial charge in [0.25, 0.3) is 17.4 Å². The minimum absolute atomic E-state index is 0.0584. The Hall–Kier alpha value is -4.07. The van der Waals surface area contributed by atoms with E-state index in [-0.39, 0.29) is 11.3 Å². The van der Waals surface area contributed by atoms with Gasteiger partial charge in [-0.2, -0.15) is 5.10 Å². The average Bonchev–Trinajstić information content (AvgIpc) is 2.77. The summed E-state index contributed by atoms with van der Waals surface area (Å²) in [7, 11) is 0. The fourth-order valence-corrected chi connectivity index (χ4v) is 3.35. The highest BCUT2D eigenvalue weighted by molar-refractivity contribution is 6.09. The van der Waals surface area contributed by atoms with Gasteiger partial charge in [-0.3, -0.25) is 30.2 Å². The maximum atomic E-state index is 12.8. The summed E-state index contributed by atoms with van der Waals surface area (Å²) in [6.07, 6.45) is 0. The Balaban J connectivity index is 1.64. The van der Waals surface area contributed by atoms with E-state index in [4.69, 9.17) is 0 Å². The molecule has 2 amide bonds. The molecule has 30 heavy (non-hydrogen) atoms. The smallest absolute Gasteiger partial charge is 0.267 e. The van der Waals surface area contributed by atoms with E-state index >= 15 is 0 Å². The van der Waals surface area contributed by atoms with Gasteiger partial charge in [-0.15, -0.1) is 0 Å². The van der Waals surface area contributed by atoms with E-state index in [2.05, 4.69) is 20.9 Å². The van der Waals surface area contributed by atoms with Crippen LogP contribution in [0.4, 0.5) is 0 Å². The van der Waals surface area contributed by atoms with Gasteiger partial charge in [0.05, 0.1) is 16.5 Å². The summed E-state index contributed by atoms with van der Waals surface area (Å²) in [5.74, 6) is -1.09. The second-order valence-electron chi connectivity index (χ2n) is 6.75. The van der Waals surface area contributed by atoms with Crippen LogP contribution in [0.5, 0.6) is 0 Å². The van der Waals surface area contributed by atoms with Gasteiger partial charge in [0.2, 0.25) is 0 Å². The second kappa shape index (κ2) is 7.75. The summed E-state index contributed by atoms with van der Waals surface area (Å²) in [4.78, 5) is 42.4. The van der Waals surface area contributed by atoms with Crippen LogP contribution in [0.3, 0.4) is 0 Å². The number of fused-ring (bicyclic) bond motifs is 2. The van der Waals surface area contributed by atoms with Crippen LogP contribution in [0.2, 0.25) is 0 Å². The topological polar surface area (TPSA) is 106 Å². The van der Waals surface area contributed by atoms with Gasteiger partial charge in [-0.1, -0.05) is 36.4 Å². The maximum Gasteiger partial charge on any atom is 0.290 e. The molecule has 0 fully saturated rings. The van der Waals surface area contributed by atoms with Crippen molar-refractivity contribution in [3.8, 4) is 0 Å². The van der Waals surface area contributed by atoms with Crippen LogP contribution < -0.4 is 16.4 Å². The molecular weight excluding hydrogens is 382 g/mol. The number of nitrogens with one attached hydrogen (secondary N) is 2. The van der Waals surface area contributed by atoms with E-state index < -0.39 is 11.8 Å². The molecule has 0 saturated heterocycles. The molecule has 0 radical (unpaired) electrons. The fraction of sp³-hybridized carbons (Fsp3) is 0.136. The molecule has 2 N–H and O–H groups in total. The van der Waals surface area contributed by atoms with Gasteiger partial charge in [-0.05, 0) is 32.0 Å². The minimum Gasteiger partial charge on any atom is -0.267 e. The lowest BCUT2D eigenvalue weighted by Gasteiger charge is -2.12. The normalized spacial score (nSPS) is 10.9. The molecule has 8 nitrogen and oxygen atoms in total. The zero-order valence-electron chi connectivity index (χ0n) is 16.5. The molecule has 0 atom stereocenters. The first-order valence-corrected chi connectivity index (χ1v) is 9.46. The molecule has 0 aliphatic heterocycles. The monoisotopic (exact) mass is 401 g/mol. The zero-order valence-corrected chi connectivity index (χ0v) is 16.5. The Morgan fingerprint density at radius 3 is 2.30 bits per heavy atom. The van der Waals surface area contributed by atoms with Crippen LogP contribution in [0, 0.1) is 6.92 Å². The van der Waals surface area contributed by atoms with Gasteiger partial charge in [-0.25, -0.2) is 4.68 Å². The van der Waals surface area contributed by atoms with E-state index in [1.165, 1.54) is 4.68 Å². The summed E-state index contributed by atoms with van der Waals surface area (Å²) < 4.78 is 1.22. The van der Waals surface area contributed by atoms with Gasteiger partial charge in [0.1, 0.15) is 0 Å². The molecule has 0 spiro atoms. The summed E-state index contributed by atoms with van der Waals surface area (Å²) in [5.41, 5.74) is 6.41. The van der Waals surface area contributed by atoms with Crippen LogP contribution in [0.1, 0.15) is 33.5 Å². The molecule has 150 valence electrons. The first-order chi connectivity index (χ1) is 14.5. The molecule has 2 aromatic carbocycles. The van der Waals surface area contributed by atoms with Crippen LogP contribution in [-0.2, 0) is 6.54 Å². The van der Waals surface area contributed by atoms with Crippen molar-refractivity contribution in [2.75, 3.05) is 0 Å². The van der Waals surface area contributed by atoms with Crippen molar-refractivity contribution in [3.63, 3.8) is 0 Å². The predicted octanol–water partition coefficient (Wildman–Crippen LogP) is 2.35. The summed E-state index contributed by atoms with van der Waals surface area (Å²) >= 11 is 0. The van der Waals surface area contributed by atoms with Crippen LogP contribution in [-0.4, -0.2) is 26.6 Å². The lowest BCUT2D eigenvalue weighted by Crippen LogP contribution is -2.43. The Morgan fingerprint density at radius 1 is 0.933 bits per heavy atom. The third-order valence-electron chi connectivity index (χ3n) is 4.76. The number of aromatic nitrogens is 3. The number of carbonyl (C=O) groups excluding carboxylic acids is 2. The highest BCUT2D eigenvalue weighted by Crippen LogP contribution is 2.18. The van der Waals surface area contributed by atoms with Gasteiger partial charge in [0, 0.05) is 23.0 Å². The SMILES string of the molecule is CCn1nc(C(=O)NNC(=O)c2cc(C)nc3ccccc23)c2ccccc2c1=O. The van der Waals surface area contributed by atoms with Gasteiger partial charge >= 0.3 is 0 Å². The third-order valence-corrected chi connectivity index (χ3v) is 4.76. The summed E-state index contributed by atoms with van der Waals surface area (Å²) in [6.45, 7) is 3.88. The number of amides is 2. The molecule has 0 saturated carbocycles. The Labute approximate surface area is 171 Å². The number of para-hydroxylation sites is 1. The minimum atomic E-state index is -0.614. The van der Waals surface area contributed by atoms with Crippen molar-refractivity contribution in [2.24, 2.45) is 0 Å². The van der Waals surface area contributed by atoms with E-state index in [9.17, 15) is 14.4 Å². The third kappa shape index (κ3) is 3.39. The van der Waals surface area contributed by atoms with Crippen molar-refractivity contribution >= 4 is 33.5 Å². The number of hydrogen-bond acceptors (Lipinski definition) is 5. The molecular formula is C22H19N5O3. The van der Waals surface area contributed by atoms with Crippen molar-refractivity contribution in [1.29, 1.82) is 0 Å². The van der Waals surface area contributed by atoms with Crippen molar-refractivity contribution in [3.05, 3.63) is 81.9 Å². The van der Waals surface area contributed by atoms with E-state index in [0.29, 0.717) is 39.5 Å². The number of pyridine rings is 1. The number of carbonyl (C=O) groups is 2.